The van der Waals surface area contributed by atoms with E-state index in [1.54, 1.807) is 11.8 Å². The van der Waals surface area contributed by atoms with Crippen LogP contribution in [0.3, 0.4) is 0 Å². The summed E-state index contributed by atoms with van der Waals surface area (Å²) < 4.78 is 0. The predicted molar refractivity (Wildman–Crippen MR) is 96.4 cm³/mol. The molecule has 23 heavy (non-hydrogen) atoms. The van der Waals surface area contributed by atoms with Gasteiger partial charge in [0.2, 0.25) is 0 Å². The minimum absolute atomic E-state index is 0.231. The zero-order chi connectivity index (χ0) is 16.7. The van der Waals surface area contributed by atoms with Crippen LogP contribution < -0.4 is 5.32 Å². The lowest BCUT2D eigenvalue weighted by Crippen LogP contribution is -2.48. The number of aliphatic hydroxyl groups is 1. The number of thioether (sulfide) groups is 1. The second-order valence-corrected chi connectivity index (χ2v) is 7.33. The highest BCUT2D eigenvalue weighted by molar-refractivity contribution is 7.99. The molecule has 128 valence electrons. The zero-order valence-corrected chi connectivity index (χ0v) is 15.0. The molecule has 0 bridgehead atoms. The Bertz CT molecular complexity index is 494. The molecule has 2 N–H and O–H groups in total. The Labute approximate surface area is 143 Å². The number of nitrogens with one attached hydrogen (secondary N) is 1. The van der Waals surface area contributed by atoms with E-state index in [4.69, 9.17) is 0 Å². The highest BCUT2D eigenvalue weighted by atomic mass is 32.2. The molecule has 0 saturated carbocycles. The Hall–Kier alpha value is -1.04. The first-order chi connectivity index (χ1) is 11.1. The van der Waals surface area contributed by atoms with Crippen LogP contribution in [-0.2, 0) is 17.9 Å². The number of benzene rings is 1. The van der Waals surface area contributed by atoms with E-state index in [-0.39, 0.29) is 5.91 Å². The van der Waals surface area contributed by atoms with Crippen LogP contribution in [0, 0.1) is 0 Å². The Morgan fingerprint density at radius 3 is 2.30 bits per heavy atom. The number of carbonyl (C=O) groups is 1. The van der Waals surface area contributed by atoms with Crippen LogP contribution in [0.2, 0.25) is 0 Å². The SMILES string of the molecule is CCN(CC)Cc1ccc(CNC(=O)C2(O)CCSCC2)cc1. The van der Waals surface area contributed by atoms with Crippen molar-refractivity contribution in [2.75, 3.05) is 24.6 Å². The van der Waals surface area contributed by atoms with E-state index in [0.29, 0.717) is 19.4 Å². The normalized spacial score (nSPS) is 17.2. The van der Waals surface area contributed by atoms with Crippen LogP contribution in [0.4, 0.5) is 0 Å². The predicted octanol–water partition coefficient (Wildman–Crippen LogP) is 2.40. The maximum absolute atomic E-state index is 12.2. The number of hydrogen-bond acceptors (Lipinski definition) is 4. The van der Waals surface area contributed by atoms with Crippen molar-refractivity contribution >= 4 is 17.7 Å². The van der Waals surface area contributed by atoms with Crippen molar-refractivity contribution < 1.29 is 9.90 Å². The fraction of sp³-hybridized carbons (Fsp3) is 0.611. The highest BCUT2D eigenvalue weighted by Crippen LogP contribution is 2.27. The average molecular weight is 337 g/mol. The van der Waals surface area contributed by atoms with Gasteiger partial charge in [-0.15, -0.1) is 0 Å². The maximum Gasteiger partial charge on any atom is 0.252 e. The van der Waals surface area contributed by atoms with Gasteiger partial charge in [0, 0.05) is 13.1 Å². The van der Waals surface area contributed by atoms with Gasteiger partial charge in [-0.3, -0.25) is 9.69 Å². The third kappa shape index (κ3) is 5.23. The van der Waals surface area contributed by atoms with E-state index in [1.807, 2.05) is 0 Å². The summed E-state index contributed by atoms with van der Waals surface area (Å²) in [6.45, 7) is 7.86. The monoisotopic (exact) mass is 336 g/mol. The molecule has 1 saturated heterocycles. The molecule has 5 heteroatoms. The number of amides is 1. The van der Waals surface area contributed by atoms with E-state index in [1.165, 1.54) is 5.56 Å². The first-order valence-corrected chi connectivity index (χ1v) is 9.61. The molecular weight excluding hydrogens is 308 g/mol. The van der Waals surface area contributed by atoms with Crippen LogP contribution in [-0.4, -0.2) is 46.1 Å². The zero-order valence-electron chi connectivity index (χ0n) is 14.2. The Morgan fingerprint density at radius 1 is 1.17 bits per heavy atom. The summed E-state index contributed by atoms with van der Waals surface area (Å²) in [5.74, 6) is 1.47. The summed E-state index contributed by atoms with van der Waals surface area (Å²) in [6, 6.07) is 8.34. The van der Waals surface area contributed by atoms with Gasteiger partial charge in [-0.2, -0.15) is 11.8 Å². The van der Waals surface area contributed by atoms with Gasteiger partial charge < -0.3 is 10.4 Å². The molecule has 0 spiro atoms. The Morgan fingerprint density at radius 2 is 1.74 bits per heavy atom. The third-order valence-corrected chi connectivity index (χ3v) is 5.50. The molecule has 1 fully saturated rings. The molecular formula is C18H28N2O2S. The van der Waals surface area contributed by atoms with E-state index < -0.39 is 5.60 Å². The van der Waals surface area contributed by atoms with Crippen molar-refractivity contribution in [3.63, 3.8) is 0 Å². The van der Waals surface area contributed by atoms with Gasteiger partial charge in [-0.1, -0.05) is 38.1 Å². The van der Waals surface area contributed by atoms with Crippen LogP contribution in [0.15, 0.2) is 24.3 Å². The van der Waals surface area contributed by atoms with Crippen LogP contribution in [0.25, 0.3) is 0 Å². The van der Waals surface area contributed by atoms with Gasteiger partial charge in [0.25, 0.3) is 5.91 Å². The molecule has 0 atom stereocenters. The van der Waals surface area contributed by atoms with Gasteiger partial charge in [-0.05, 0) is 48.6 Å². The van der Waals surface area contributed by atoms with Crippen molar-refractivity contribution in [2.45, 2.75) is 45.4 Å². The second kappa shape index (κ2) is 8.71. The Balaban J connectivity index is 1.85. The van der Waals surface area contributed by atoms with Gasteiger partial charge in [0.05, 0.1) is 0 Å². The maximum atomic E-state index is 12.2. The molecule has 2 rings (SSSR count). The fourth-order valence-electron chi connectivity index (χ4n) is 2.75. The van der Waals surface area contributed by atoms with Crippen molar-refractivity contribution in [1.82, 2.24) is 10.2 Å². The van der Waals surface area contributed by atoms with Gasteiger partial charge in [0.1, 0.15) is 5.60 Å². The minimum atomic E-state index is -1.17. The lowest BCUT2D eigenvalue weighted by atomic mass is 9.95. The lowest BCUT2D eigenvalue weighted by Gasteiger charge is -2.30. The molecule has 0 aliphatic carbocycles. The molecule has 0 unspecified atom stereocenters. The molecule has 1 aromatic carbocycles. The topological polar surface area (TPSA) is 52.6 Å². The Kier molecular flexibility index (Phi) is 6.93. The van der Waals surface area contributed by atoms with Crippen LogP contribution >= 0.6 is 11.8 Å². The second-order valence-electron chi connectivity index (χ2n) is 6.10. The van der Waals surface area contributed by atoms with E-state index >= 15 is 0 Å². The third-order valence-electron chi connectivity index (χ3n) is 4.52. The highest BCUT2D eigenvalue weighted by Gasteiger charge is 2.37. The number of nitrogens with zero attached hydrogens (tertiary/aromatic N) is 1. The van der Waals surface area contributed by atoms with Gasteiger partial charge in [0.15, 0.2) is 0 Å². The van der Waals surface area contributed by atoms with Gasteiger partial charge >= 0.3 is 0 Å². The van der Waals surface area contributed by atoms with Gasteiger partial charge in [-0.25, -0.2) is 0 Å². The molecule has 0 aromatic heterocycles. The number of carbonyl (C=O) groups excluding carboxylic acids is 1. The molecule has 1 aliphatic rings. The molecule has 1 heterocycles. The van der Waals surface area contributed by atoms with E-state index in [2.05, 4.69) is 48.3 Å². The quantitative estimate of drug-likeness (QED) is 0.803. The molecule has 1 aliphatic heterocycles. The number of hydrogen-bond donors (Lipinski definition) is 2. The standard InChI is InChI=1S/C18H28N2O2S/c1-3-20(4-2)14-16-7-5-15(6-8-16)13-19-17(21)18(22)9-11-23-12-10-18/h5-8,22H,3-4,9-14H2,1-2H3,(H,19,21). The summed E-state index contributed by atoms with van der Waals surface area (Å²) in [4.78, 5) is 14.6. The largest absolute Gasteiger partial charge is 0.380 e. The molecule has 1 aromatic rings. The minimum Gasteiger partial charge on any atom is -0.380 e. The van der Waals surface area contributed by atoms with Crippen LogP contribution in [0.5, 0.6) is 0 Å². The lowest BCUT2D eigenvalue weighted by molar-refractivity contribution is -0.140. The van der Waals surface area contributed by atoms with Crippen molar-refractivity contribution in [3.8, 4) is 0 Å². The van der Waals surface area contributed by atoms with Crippen LogP contribution in [0.1, 0.15) is 37.8 Å². The summed E-state index contributed by atoms with van der Waals surface area (Å²) in [7, 11) is 0. The van der Waals surface area contributed by atoms with Crippen molar-refractivity contribution in [3.05, 3.63) is 35.4 Å². The molecule has 0 radical (unpaired) electrons. The fourth-order valence-corrected chi connectivity index (χ4v) is 3.92. The smallest absolute Gasteiger partial charge is 0.252 e. The molecule has 4 nitrogen and oxygen atoms in total. The summed E-state index contributed by atoms with van der Waals surface area (Å²) >= 11 is 1.80. The summed E-state index contributed by atoms with van der Waals surface area (Å²) in [5, 5.41) is 13.3. The first kappa shape index (κ1) is 18.3. The van der Waals surface area contributed by atoms with E-state index in [0.717, 1.165) is 36.7 Å². The first-order valence-electron chi connectivity index (χ1n) is 8.46. The molecule has 1 amide bonds. The number of rotatable bonds is 7. The summed E-state index contributed by atoms with van der Waals surface area (Å²) in [5.41, 5.74) is 1.18. The van der Waals surface area contributed by atoms with Crippen molar-refractivity contribution in [1.29, 1.82) is 0 Å². The van der Waals surface area contributed by atoms with Crippen molar-refractivity contribution in [2.24, 2.45) is 0 Å². The van der Waals surface area contributed by atoms with E-state index in [9.17, 15) is 9.90 Å². The average Bonchev–Trinajstić information content (AvgIpc) is 2.59. The summed E-state index contributed by atoms with van der Waals surface area (Å²) in [6.07, 6.45) is 1.10.